The fraction of sp³-hybridized carbons (Fsp3) is 0.400. The maximum atomic E-state index is 12.1. The fourth-order valence-electron chi connectivity index (χ4n) is 1.65. The summed E-state index contributed by atoms with van der Waals surface area (Å²) in [7, 11) is 0. The topological polar surface area (TPSA) is 93.0 Å². The average molecular weight is 272 g/mol. The molecule has 6 nitrogen and oxygen atoms in total. The van der Waals surface area contributed by atoms with Gasteiger partial charge in [0.1, 0.15) is 17.9 Å². The van der Waals surface area contributed by atoms with Gasteiger partial charge in [-0.2, -0.15) is 18.3 Å². The van der Waals surface area contributed by atoms with E-state index in [9.17, 15) is 13.2 Å². The average Bonchev–Trinajstić information content (AvgIpc) is 2.74. The molecular formula is C10H11F3N6. The van der Waals surface area contributed by atoms with Crippen molar-refractivity contribution in [3.8, 4) is 0 Å². The number of nitrogens with one attached hydrogen (secondary N) is 1. The lowest BCUT2D eigenvalue weighted by Crippen LogP contribution is -2.16. The van der Waals surface area contributed by atoms with E-state index in [2.05, 4.69) is 15.1 Å². The van der Waals surface area contributed by atoms with Crippen molar-refractivity contribution in [1.82, 2.24) is 19.6 Å². The number of nitrogens with zero attached hydrogens (tertiary/aromatic N) is 4. The lowest BCUT2D eigenvalue weighted by atomic mass is 10.2. The first kappa shape index (κ1) is 13.2. The van der Waals surface area contributed by atoms with Gasteiger partial charge in [-0.3, -0.25) is 5.41 Å². The largest absolute Gasteiger partial charge is 0.389 e. The van der Waals surface area contributed by atoms with E-state index in [-0.39, 0.29) is 24.4 Å². The summed E-state index contributed by atoms with van der Waals surface area (Å²) in [6.07, 6.45) is -2.39. The molecule has 0 aliphatic carbocycles. The van der Waals surface area contributed by atoms with Crippen LogP contribution in [0, 0.1) is 5.41 Å². The molecule has 0 saturated heterocycles. The van der Waals surface area contributed by atoms with Crippen LogP contribution in [0.2, 0.25) is 0 Å². The van der Waals surface area contributed by atoms with Gasteiger partial charge in [-0.25, -0.2) is 14.5 Å². The van der Waals surface area contributed by atoms with Crippen molar-refractivity contribution in [2.45, 2.75) is 25.4 Å². The molecule has 0 fully saturated rings. The highest BCUT2D eigenvalue weighted by Crippen LogP contribution is 2.22. The molecule has 0 saturated carbocycles. The lowest BCUT2D eigenvalue weighted by Gasteiger charge is -2.07. The Morgan fingerprint density at radius 1 is 1.42 bits per heavy atom. The summed E-state index contributed by atoms with van der Waals surface area (Å²) < 4.78 is 37.7. The van der Waals surface area contributed by atoms with Crippen LogP contribution in [0.3, 0.4) is 0 Å². The third kappa shape index (κ3) is 3.18. The van der Waals surface area contributed by atoms with Crippen molar-refractivity contribution in [1.29, 1.82) is 5.41 Å². The molecule has 2 rings (SSSR count). The van der Waals surface area contributed by atoms with Crippen molar-refractivity contribution in [2.24, 2.45) is 5.73 Å². The van der Waals surface area contributed by atoms with E-state index in [1.807, 2.05) is 0 Å². The van der Waals surface area contributed by atoms with Crippen LogP contribution in [0.5, 0.6) is 0 Å². The minimum atomic E-state index is -4.19. The summed E-state index contributed by atoms with van der Waals surface area (Å²) in [5, 5.41) is 11.2. The van der Waals surface area contributed by atoms with Crippen LogP contribution in [-0.2, 0) is 6.42 Å². The molecule has 102 valence electrons. The van der Waals surface area contributed by atoms with Crippen LogP contribution in [0.25, 0.3) is 5.65 Å². The summed E-state index contributed by atoms with van der Waals surface area (Å²) in [5.41, 5.74) is 6.22. The van der Waals surface area contributed by atoms with Gasteiger partial charge in [0, 0.05) is 6.42 Å². The van der Waals surface area contributed by atoms with Gasteiger partial charge in [-0.05, 0) is 12.8 Å². The standard InChI is InChI=1S/C10H11F3N6/c11-10(12,13)3-1-2-6-9-16-5-17-19(9)4-7(18-6)8(14)15/h4-5H,1-3H2,(H3,14,15). The molecule has 0 atom stereocenters. The number of nitrogen functional groups attached to an aromatic ring is 1. The molecule has 2 aromatic heterocycles. The van der Waals surface area contributed by atoms with Gasteiger partial charge < -0.3 is 5.73 Å². The van der Waals surface area contributed by atoms with Crippen LogP contribution in [0.15, 0.2) is 12.5 Å². The van der Waals surface area contributed by atoms with Crippen molar-refractivity contribution in [3.05, 3.63) is 23.9 Å². The van der Waals surface area contributed by atoms with Crippen LogP contribution in [0.1, 0.15) is 24.2 Å². The number of aryl methyl sites for hydroxylation is 1. The normalized spacial score (nSPS) is 11.9. The van der Waals surface area contributed by atoms with E-state index < -0.39 is 12.6 Å². The van der Waals surface area contributed by atoms with E-state index in [1.165, 1.54) is 17.0 Å². The highest BCUT2D eigenvalue weighted by Gasteiger charge is 2.26. The molecule has 2 aromatic rings. The van der Waals surface area contributed by atoms with Crippen LogP contribution < -0.4 is 5.73 Å². The highest BCUT2D eigenvalue weighted by atomic mass is 19.4. The first-order chi connectivity index (χ1) is 8.87. The van der Waals surface area contributed by atoms with E-state index in [0.717, 1.165) is 0 Å². The summed E-state index contributed by atoms with van der Waals surface area (Å²) in [5.74, 6) is -0.269. The molecule has 2 heterocycles. The van der Waals surface area contributed by atoms with Crippen molar-refractivity contribution in [2.75, 3.05) is 0 Å². The number of fused-ring (bicyclic) bond motifs is 1. The van der Waals surface area contributed by atoms with E-state index in [1.54, 1.807) is 0 Å². The predicted octanol–water partition coefficient (Wildman–Crippen LogP) is 1.29. The molecule has 0 unspecified atom stereocenters. The monoisotopic (exact) mass is 272 g/mol. The van der Waals surface area contributed by atoms with Gasteiger partial charge in [0.15, 0.2) is 5.65 Å². The Morgan fingerprint density at radius 2 is 2.16 bits per heavy atom. The van der Waals surface area contributed by atoms with Crippen LogP contribution in [-0.4, -0.2) is 31.6 Å². The van der Waals surface area contributed by atoms with E-state index in [4.69, 9.17) is 11.1 Å². The first-order valence-corrected chi connectivity index (χ1v) is 5.47. The fourth-order valence-corrected chi connectivity index (χ4v) is 1.65. The second kappa shape index (κ2) is 4.82. The Bertz CT molecular complexity index is 603. The zero-order valence-corrected chi connectivity index (χ0v) is 9.78. The first-order valence-electron chi connectivity index (χ1n) is 5.47. The summed E-state index contributed by atoms with van der Waals surface area (Å²) in [6.45, 7) is 0. The van der Waals surface area contributed by atoms with Crippen molar-refractivity contribution >= 4 is 11.5 Å². The number of nitrogens with two attached hydrogens (primary N) is 1. The van der Waals surface area contributed by atoms with Crippen LogP contribution in [0.4, 0.5) is 13.2 Å². The third-order valence-electron chi connectivity index (χ3n) is 2.48. The number of rotatable bonds is 4. The number of hydrogen-bond acceptors (Lipinski definition) is 4. The Hall–Kier alpha value is -2.19. The highest BCUT2D eigenvalue weighted by molar-refractivity contribution is 5.92. The molecule has 0 amide bonds. The van der Waals surface area contributed by atoms with E-state index >= 15 is 0 Å². The minimum Gasteiger partial charge on any atom is -0.382 e. The molecule has 0 radical (unpaired) electrons. The second-order valence-electron chi connectivity index (χ2n) is 3.98. The quantitative estimate of drug-likeness (QED) is 0.648. The van der Waals surface area contributed by atoms with Gasteiger partial charge in [-0.1, -0.05) is 0 Å². The summed E-state index contributed by atoms with van der Waals surface area (Å²) >= 11 is 0. The number of halogens is 3. The second-order valence-corrected chi connectivity index (χ2v) is 3.98. The number of amidine groups is 1. The van der Waals surface area contributed by atoms with Crippen LogP contribution >= 0.6 is 0 Å². The molecule has 0 bridgehead atoms. The van der Waals surface area contributed by atoms with Gasteiger partial charge in [0.25, 0.3) is 0 Å². The zero-order valence-electron chi connectivity index (χ0n) is 9.78. The maximum Gasteiger partial charge on any atom is 0.389 e. The molecular weight excluding hydrogens is 261 g/mol. The molecule has 19 heavy (non-hydrogen) atoms. The van der Waals surface area contributed by atoms with E-state index in [0.29, 0.717) is 11.3 Å². The summed E-state index contributed by atoms with van der Waals surface area (Å²) in [4.78, 5) is 7.98. The van der Waals surface area contributed by atoms with Crippen molar-refractivity contribution < 1.29 is 13.2 Å². The molecule has 3 N–H and O–H groups in total. The molecule has 9 heteroatoms. The zero-order chi connectivity index (χ0) is 14.0. The number of alkyl halides is 3. The molecule has 0 spiro atoms. The smallest absolute Gasteiger partial charge is 0.382 e. The number of hydrogen-bond donors (Lipinski definition) is 2. The third-order valence-corrected chi connectivity index (χ3v) is 2.48. The Balaban J connectivity index is 2.25. The lowest BCUT2D eigenvalue weighted by molar-refractivity contribution is -0.135. The van der Waals surface area contributed by atoms with Gasteiger partial charge in [-0.15, -0.1) is 0 Å². The molecule has 0 aromatic carbocycles. The SMILES string of the molecule is N=C(N)c1cn2ncnc2c(CCCC(F)(F)F)n1. The minimum absolute atomic E-state index is 0.0968. The molecule has 0 aliphatic heterocycles. The Labute approximate surface area is 106 Å². The van der Waals surface area contributed by atoms with Crippen molar-refractivity contribution in [3.63, 3.8) is 0 Å². The Kier molecular flexibility index (Phi) is 3.36. The van der Waals surface area contributed by atoms with Gasteiger partial charge in [0.2, 0.25) is 0 Å². The summed E-state index contributed by atoms with van der Waals surface area (Å²) in [6, 6.07) is 0. The Morgan fingerprint density at radius 3 is 2.79 bits per heavy atom. The number of aromatic nitrogens is 4. The van der Waals surface area contributed by atoms with Gasteiger partial charge in [0.05, 0.1) is 11.9 Å². The maximum absolute atomic E-state index is 12.1. The predicted molar refractivity (Wildman–Crippen MR) is 60.8 cm³/mol. The molecule has 0 aliphatic rings. The van der Waals surface area contributed by atoms with Gasteiger partial charge >= 0.3 is 6.18 Å².